The minimum absolute atomic E-state index is 0.244. The van der Waals surface area contributed by atoms with Gasteiger partial charge in [0.1, 0.15) is 0 Å². The molecule has 0 unspecified atom stereocenters. The predicted molar refractivity (Wildman–Crippen MR) is 62.8 cm³/mol. The Morgan fingerprint density at radius 1 is 1.44 bits per heavy atom. The third-order valence-corrected chi connectivity index (χ3v) is 3.14. The van der Waals surface area contributed by atoms with Crippen LogP contribution in [0.3, 0.4) is 0 Å². The van der Waals surface area contributed by atoms with Crippen molar-refractivity contribution in [2.75, 3.05) is 6.54 Å². The maximum Gasteiger partial charge on any atom is 0.244 e. The van der Waals surface area contributed by atoms with Crippen molar-refractivity contribution in [2.24, 2.45) is 0 Å². The molecule has 1 aromatic heterocycles. The summed E-state index contributed by atoms with van der Waals surface area (Å²) >= 11 is 3.42. The van der Waals surface area contributed by atoms with Crippen LogP contribution in [-0.2, 0) is 0 Å². The van der Waals surface area contributed by atoms with E-state index in [-0.39, 0.29) is 6.04 Å². The zero-order valence-corrected chi connectivity index (χ0v) is 10.1. The molecule has 1 N–H and O–H groups in total. The number of benzene rings is 1. The van der Waals surface area contributed by atoms with Crippen molar-refractivity contribution in [1.29, 1.82) is 0 Å². The number of nitrogens with one attached hydrogen (secondary N) is 1. The summed E-state index contributed by atoms with van der Waals surface area (Å²) in [6, 6.07) is 8.11. The maximum absolute atomic E-state index is 5.22. The van der Waals surface area contributed by atoms with E-state index in [4.69, 9.17) is 4.52 Å². The minimum atomic E-state index is 0.244. The van der Waals surface area contributed by atoms with Crippen LogP contribution < -0.4 is 5.32 Å². The highest BCUT2D eigenvalue weighted by atomic mass is 79.9. The van der Waals surface area contributed by atoms with Crippen LogP contribution in [0.15, 0.2) is 33.3 Å². The first-order valence-corrected chi connectivity index (χ1v) is 5.95. The van der Waals surface area contributed by atoms with Crippen LogP contribution in [0.4, 0.5) is 0 Å². The van der Waals surface area contributed by atoms with E-state index in [1.807, 2.05) is 24.3 Å². The first-order valence-electron chi connectivity index (χ1n) is 5.16. The molecule has 0 spiro atoms. The Balaban J connectivity index is 1.91. The van der Waals surface area contributed by atoms with E-state index in [9.17, 15) is 0 Å². The molecule has 1 aliphatic heterocycles. The predicted octanol–water partition coefficient (Wildman–Crippen LogP) is 2.53. The lowest BCUT2D eigenvalue weighted by atomic mass is 10.1. The van der Waals surface area contributed by atoms with Gasteiger partial charge in [0.25, 0.3) is 0 Å². The molecule has 1 aliphatic rings. The van der Waals surface area contributed by atoms with Crippen LogP contribution in [-0.4, -0.2) is 16.7 Å². The number of nitrogens with zero attached hydrogens (tertiary/aromatic N) is 2. The van der Waals surface area contributed by atoms with Crippen molar-refractivity contribution in [3.8, 4) is 11.4 Å². The molecule has 0 radical (unpaired) electrons. The fraction of sp³-hybridized carbons (Fsp3) is 0.273. The summed E-state index contributed by atoms with van der Waals surface area (Å²) in [5, 5.41) is 7.22. The van der Waals surface area contributed by atoms with E-state index in [2.05, 4.69) is 31.4 Å². The fourth-order valence-corrected chi connectivity index (χ4v) is 2.02. The lowest BCUT2D eigenvalue weighted by molar-refractivity contribution is 0.273. The second kappa shape index (κ2) is 3.99. The Morgan fingerprint density at radius 3 is 3.00 bits per heavy atom. The largest absolute Gasteiger partial charge is 0.337 e. The zero-order valence-electron chi connectivity index (χ0n) is 8.48. The first kappa shape index (κ1) is 9.99. The van der Waals surface area contributed by atoms with Crippen molar-refractivity contribution in [3.05, 3.63) is 34.6 Å². The molecular formula is C11H10BrN3O. The van der Waals surface area contributed by atoms with Crippen LogP contribution in [0.1, 0.15) is 18.4 Å². The Bertz CT molecular complexity index is 507. The molecule has 0 aliphatic carbocycles. The summed E-state index contributed by atoms with van der Waals surface area (Å²) in [7, 11) is 0. The summed E-state index contributed by atoms with van der Waals surface area (Å²) in [5.74, 6) is 1.33. The number of rotatable bonds is 2. The average Bonchev–Trinajstić information content (AvgIpc) is 2.64. The second-order valence-corrected chi connectivity index (χ2v) is 4.68. The minimum Gasteiger partial charge on any atom is -0.337 e. The van der Waals surface area contributed by atoms with Gasteiger partial charge in [0.05, 0.1) is 6.04 Å². The lowest BCUT2D eigenvalue weighted by Crippen LogP contribution is -2.35. The Labute approximate surface area is 101 Å². The van der Waals surface area contributed by atoms with Gasteiger partial charge in [-0.25, -0.2) is 0 Å². The summed E-state index contributed by atoms with van der Waals surface area (Å²) in [4.78, 5) is 4.38. The molecule has 0 amide bonds. The molecule has 0 bridgehead atoms. The summed E-state index contributed by atoms with van der Waals surface area (Å²) < 4.78 is 6.24. The van der Waals surface area contributed by atoms with Crippen molar-refractivity contribution < 1.29 is 4.52 Å². The van der Waals surface area contributed by atoms with Crippen LogP contribution in [0.2, 0.25) is 0 Å². The molecule has 2 heterocycles. The molecule has 3 rings (SSSR count). The number of halogens is 1. The third kappa shape index (κ3) is 1.76. The SMILES string of the molecule is Brc1cccc(-c2noc([C@H]3CCN3)n2)c1. The van der Waals surface area contributed by atoms with Crippen molar-refractivity contribution in [2.45, 2.75) is 12.5 Å². The molecule has 1 aromatic carbocycles. The quantitative estimate of drug-likeness (QED) is 0.918. The van der Waals surface area contributed by atoms with E-state index in [1.165, 1.54) is 0 Å². The van der Waals surface area contributed by atoms with Crippen LogP contribution in [0, 0.1) is 0 Å². The molecule has 16 heavy (non-hydrogen) atoms. The standard InChI is InChI=1S/C11H10BrN3O/c12-8-3-1-2-7(6-8)10-14-11(16-15-10)9-4-5-13-9/h1-3,6,9,13H,4-5H2/t9-/m1/s1. The molecule has 82 valence electrons. The van der Waals surface area contributed by atoms with Gasteiger partial charge in [-0.05, 0) is 25.1 Å². The number of hydrogen-bond acceptors (Lipinski definition) is 4. The highest BCUT2D eigenvalue weighted by Gasteiger charge is 2.24. The van der Waals surface area contributed by atoms with Gasteiger partial charge in [-0.3, -0.25) is 0 Å². The second-order valence-electron chi connectivity index (χ2n) is 3.76. The third-order valence-electron chi connectivity index (χ3n) is 2.65. The normalized spacial score (nSPS) is 19.4. The van der Waals surface area contributed by atoms with Crippen LogP contribution in [0.5, 0.6) is 0 Å². The Kier molecular flexibility index (Phi) is 2.49. The van der Waals surface area contributed by atoms with E-state index >= 15 is 0 Å². The number of aromatic nitrogens is 2. The monoisotopic (exact) mass is 279 g/mol. The molecule has 0 saturated carbocycles. The molecule has 5 heteroatoms. The van der Waals surface area contributed by atoms with Crippen LogP contribution in [0.25, 0.3) is 11.4 Å². The van der Waals surface area contributed by atoms with Gasteiger partial charge >= 0.3 is 0 Å². The van der Waals surface area contributed by atoms with Gasteiger partial charge in [-0.1, -0.05) is 33.2 Å². The van der Waals surface area contributed by atoms with Crippen molar-refractivity contribution in [1.82, 2.24) is 15.5 Å². The topological polar surface area (TPSA) is 51.0 Å². The molecule has 2 aromatic rings. The molecule has 1 fully saturated rings. The van der Waals surface area contributed by atoms with Gasteiger partial charge in [-0.15, -0.1) is 0 Å². The molecule has 4 nitrogen and oxygen atoms in total. The number of hydrogen-bond donors (Lipinski definition) is 1. The average molecular weight is 280 g/mol. The van der Waals surface area contributed by atoms with Crippen molar-refractivity contribution in [3.63, 3.8) is 0 Å². The van der Waals surface area contributed by atoms with Gasteiger partial charge in [-0.2, -0.15) is 4.98 Å². The van der Waals surface area contributed by atoms with E-state index in [0.29, 0.717) is 11.7 Å². The summed E-state index contributed by atoms with van der Waals surface area (Å²) in [5.41, 5.74) is 0.962. The van der Waals surface area contributed by atoms with Gasteiger partial charge in [0, 0.05) is 10.0 Å². The Morgan fingerprint density at radius 2 is 2.31 bits per heavy atom. The summed E-state index contributed by atoms with van der Waals surface area (Å²) in [6.45, 7) is 1.03. The van der Waals surface area contributed by atoms with Gasteiger partial charge in [0.2, 0.25) is 11.7 Å². The van der Waals surface area contributed by atoms with Crippen molar-refractivity contribution >= 4 is 15.9 Å². The van der Waals surface area contributed by atoms with E-state index in [0.717, 1.165) is 23.0 Å². The molecular weight excluding hydrogens is 270 g/mol. The lowest BCUT2D eigenvalue weighted by Gasteiger charge is -2.23. The molecule has 1 saturated heterocycles. The van der Waals surface area contributed by atoms with Gasteiger partial charge in [0.15, 0.2) is 0 Å². The first-order chi connectivity index (χ1) is 7.83. The summed E-state index contributed by atoms with van der Waals surface area (Å²) in [6.07, 6.45) is 1.07. The highest BCUT2D eigenvalue weighted by molar-refractivity contribution is 9.10. The zero-order chi connectivity index (χ0) is 11.0. The smallest absolute Gasteiger partial charge is 0.244 e. The fourth-order valence-electron chi connectivity index (χ4n) is 1.62. The molecule has 1 atom stereocenters. The van der Waals surface area contributed by atoms with Gasteiger partial charge < -0.3 is 9.84 Å². The van der Waals surface area contributed by atoms with Crippen LogP contribution >= 0.6 is 15.9 Å². The van der Waals surface area contributed by atoms with E-state index < -0.39 is 0 Å². The Hall–Kier alpha value is -1.20. The highest BCUT2D eigenvalue weighted by Crippen LogP contribution is 2.25. The maximum atomic E-state index is 5.22. The van der Waals surface area contributed by atoms with E-state index in [1.54, 1.807) is 0 Å².